The SMILES string of the molecule is COc1ccc(-c2nccnc2Oc2ccc(Nc3ccccn3)cc2)cc1. The Morgan fingerprint density at radius 1 is 0.714 bits per heavy atom. The number of ether oxygens (including phenoxy) is 2. The molecule has 6 nitrogen and oxygen atoms in total. The molecule has 0 aliphatic carbocycles. The maximum Gasteiger partial charge on any atom is 0.246 e. The lowest BCUT2D eigenvalue weighted by Gasteiger charge is -2.10. The van der Waals surface area contributed by atoms with Crippen molar-refractivity contribution in [2.45, 2.75) is 0 Å². The van der Waals surface area contributed by atoms with E-state index >= 15 is 0 Å². The van der Waals surface area contributed by atoms with Crippen molar-refractivity contribution in [3.05, 3.63) is 85.3 Å². The van der Waals surface area contributed by atoms with Gasteiger partial charge in [0.15, 0.2) is 0 Å². The second-order valence-corrected chi connectivity index (χ2v) is 5.91. The zero-order chi connectivity index (χ0) is 19.2. The van der Waals surface area contributed by atoms with Crippen LogP contribution in [0.1, 0.15) is 0 Å². The van der Waals surface area contributed by atoms with Crippen LogP contribution in [-0.4, -0.2) is 22.1 Å². The molecule has 0 unspecified atom stereocenters. The van der Waals surface area contributed by atoms with Crippen LogP contribution in [0.2, 0.25) is 0 Å². The standard InChI is InChI=1S/C22H18N4O2/c1-27-18-9-5-16(6-10-18)21-22(25-15-14-24-21)28-19-11-7-17(8-12-19)26-20-4-2-3-13-23-20/h2-15H,1H3,(H,23,26). The zero-order valence-corrected chi connectivity index (χ0v) is 15.2. The van der Waals surface area contributed by atoms with Crippen molar-refractivity contribution in [2.24, 2.45) is 0 Å². The van der Waals surface area contributed by atoms with Gasteiger partial charge in [0, 0.05) is 29.8 Å². The van der Waals surface area contributed by atoms with E-state index in [0.29, 0.717) is 17.3 Å². The summed E-state index contributed by atoms with van der Waals surface area (Å²) in [5.74, 6) is 2.68. The summed E-state index contributed by atoms with van der Waals surface area (Å²) in [5, 5.41) is 3.24. The van der Waals surface area contributed by atoms with E-state index in [1.165, 1.54) is 0 Å². The van der Waals surface area contributed by atoms with Crippen molar-refractivity contribution in [3.63, 3.8) is 0 Å². The third-order valence-corrected chi connectivity index (χ3v) is 4.03. The molecule has 0 bridgehead atoms. The molecule has 4 aromatic rings. The molecule has 6 heteroatoms. The van der Waals surface area contributed by atoms with E-state index in [2.05, 4.69) is 20.3 Å². The predicted molar refractivity (Wildman–Crippen MR) is 108 cm³/mol. The van der Waals surface area contributed by atoms with E-state index in [4.69, 9.17) is 9.47 Å². The molecule has 1 N–H and O–H groups in total. The maximum atomic E-state index is 5.98. The highest BCUT2D eigenvalue weighted by molar-refractivity contribution is 5.65. The van der Waals surface area contributed by atoms with E-state index < -0.39 is 0 Å². The highest BCUT2D eigenvalue weighted by atomic mass is 16.5. The van der Waals surface area contributed by atoms with E-state index in [0.717, 1.165) is 22.8 Å². The van der Waals surface area contributed by atoms with Gasteiger partial charge in [-0.1, -0.05) is 6.07 Å². The number of benzene rings is 2. The van der Waals surface area contributed by atoms with Crippen molar-refractivity contribution in [1.82, 2.24) is 15.0 Å². The van der Waals surface area contributed by atoms with Gasteiger partial charge in [0.25, 0.3) is 0 Å². The Hall–Kier alpha value is -3.93. The quantitative estimate of drug-likeness (QED) is 0.510. The molecular weight excluding hydrogens is 352 g/mol. The number of nitrogens with zero attached hydrogens (tertiary/aromatic N) is 3. The smallest absolute Gasteiger partial charge is 0.246 e. The van der Waals surface area contributed by atoms with E-state index in [9.17, 15) is 0 Å². The second-order valence-electron chi connectivity index (χ2n) is 5.91. The summed E-state index contributed by atoms with van der Waals surface area (Å²) >= 11 is 0. The lowest BCUT2D eigenvalue weighted by atomic mass is 10.1. The molecule has 28 heavy (non-hydrogen) atoms. The van der Waals surface area contributed by atoms with Gasteiger partial charge in [-0.05, 0) is 60.7 Å². The number of anilines is 2. The third kappa shape index (κ3) is 4.07. The van der Waals surface area contributed by atoms with Crippen molar-refractivity contribution in [2.75, 3.05) is 12.4 Å². The molecule has 0 radical (unpaired) electrons. The summed E-state index contributed by atoms with van der Waals surface area (Å²) in [6.45, 7) is 0. The van der Waals surface area contributed by atoms with Crippen molar-refractivity contribution in [3.8, 4) is 28.6 Å². The van der Waals surface area contributed by atoms with Gasteiger partial charge >= 0.3 is 0 Å². The second kappa shape index (κ2) is 8.18. The predicted octanol–water partition coefficient (Wildman–Crippen LogP) is 5.08. The Morgan fingerprint density at radius 3 is 2.18 bits per heavy atom. The van der Waals surface area contributed by atoms with Crippen LogP contribution in [0.3, 0.4) is 0 Å². The van der Waals surface area contributed by atoms with Crippen molar-refractivity contribution < 1.29 is 9.47 Å². The Balaban J connectivity index is 1.53. The van der Waals surface area contributed by atoms with E-state index in [-0.39, 0.29) is 0 Å². The van der Waals surface area contributed by atoms with Crippen LogP contribution in [0.4, 0.5) is 11.5 Å². The normalized spacial score (nSPS) is 10.3. The van der Waals surface area contributed by atoms with Gasteiger partial charge in [-0.3, -0.25) is 0 Å². The van der Waals surface area contributed by atoms with E-state index in [1.807, 2.05) is 66.7 Å². The first-order valence-corrected chi connectivity index (χ1v) is 8.73. The summed E-state index contributed by atoms with van der Waals surface area (Å²) in [4.78, 5) is 13.0. The van der Waals surface area contributed by atoms with Crippen LogP contribution in [0, 0.1) is 0 Å². The first-order valence-electron chi connectivity index (χ1n) is 8.73. The molecular formula is C22H18N4O2. The Kier molecular flexibility index (Phi) is 5.11. The molecule has 4 rings (SSSR count). The Labute approximate surface area is 162 Å². The first kappa shape index (κ1) is 17.5. The minimum atomic E-state index is 0.443. The van der Waals surface area contributed by atoms with Crippen LogP contribution in [0.15, 0.2) is 85.3 Å². The molecule has 0 aliphatic heterocycles. The fourth-order valence-electron chi connectivity index (χ4n) is 2.65. The van der Waals surface area contributed by atoms with Crippen LogP contribution in [-0.2, 0) is 0 Å². The number of rotatable bonds is 6. The fourth-order valence-corrected chi connectivity index (χ4v) is 2.65. The zero-order valence-electron chi connectivity index (χ0n) is 15.2. The molecule has 0 atom stereocenters. The van der Waals surface area contributed by atoms with Crippen LogP contribution < -0.4 is 14.8 Å². The number of nitrogens with one attached hydrogen (secondary N) is 1. The molecule has 0 spiro atoms. The number of hydrogen-bond donors (Lipinski definition) is 1. The van der Waals surface area contributed by atoms with Crippen LogP contribution >= 0.6 is 0 Å². The minimum absolute atomic E-state index is 0.443. The van der Waals surface area contributed by atoms with Crippen LogP contribution in [0.5, 0.6) is 17.4 Å². The van der Waals surface area contributed by atoms with Crippen molar-refractivity contribution >= 4 is 11.5 Å². The number of methoxy groups -OCH3 is 1. The molecule has 0 amide bonds. The van der Waals surface area contributed by atoms with Gasteiger partial charge in [0.2, 0.25) is 5.88 Å². The highest BCUT2D eigenvalue weighted by Crippen LogP contribution is 2.31. The molecule has 138 valence electrons. The minimum Gasteiger partial charge on any atom is -0.497 e. The summed E-state index contributed by atoms with van der Waals surface area (Å²) in [6, 6.07) is 20.9. The lowest BCUT2D eigenvalue weighted by molar-refractivity contribution is 0.415. The molecule has 2 aromatic carbocycles. The molecule has 2 heterocycles. The van der Waals surface area contributed by atoms with Crippen LogP contribution in [0.25, 0.3) is 11.3 Å². The average Bonchev–Trinajstić information content (AvgIpc) is 2.76. The largest absolute Gasteiger partial charge is 0.497 e. The maximum absolute atomic E-state index is 5.98. The fraction of sp³-hybridized carbons (Fsp3) is 0.0455. The third-order valence-electron chi connectivity index (χ3n) is 4.03. The topological polar surface area (TPSA) is 69.2 Å². The lowest BCUT2D eigenvalue weighted by Crippen LogP contribution is -1.95. The van der Waals surface area contributed by atoms with Gasteiger partial charge in [0.1, 0.15) is 23.0 Å². The highest BCUT2D eigenvalue weighted by Gasteiger charge is 2.10. The van der Waals surface area contributed by atoms with Gasteiger partial charge < -0.3 is 14.8 Å². The Bertz CT molecular complexity index is 1040. The molecule has 0 fully saturated rings. The summed E-state index contributed by atoms with van der Waals surface area (Å²) in [5.41, 5.74) is 2.48. The first-order chi connectivity index (χ1) is 13.8. The summed E-state index contributed by atoms with van der Waals surface area (Å²) < 4.78 is 11.2. The molecule has 0 saturated carbocycles. The van der Waals surface area contributed by atoms with Gasteiger partial charge in [-0.2, -0.15) is 0 Å². The monoisotopic (exact) mass is 370 g/mol. The van der Waals surface area contributed by atoms with E-state index in [1.54, 1.807) is 25.7 Å². The molecule has 2 aromatic heterocycles. The van der Waals surface area contributed by atoms with Gasteiger partial charge in [-0.15, -0.1) is 0 Å². The average molecular weight is 370 g/mol. The summed E-state index contributed by atoms with van der Waals surface area (Å²) in [6.07, 6.45) is 5.00. The number of pyridine rings is 1. The number of hydrogen-bond acceptors (Lipinski definition) is 6. The number of aromatic nitrogens is 3. The van der Waals surface area contributed by atoms with Crippen molar-refractivity contribution in [1.29, 1.82) is 0 Å². The molecule has 0 aliphatic rings. The Morgan fingerprint density at radius 2 is 1.46 bits per heavy atom. The van der Waals surface area contributed by atoms with Gasteiger partial charge in [0.05, 0.1) is 7.11 Å². The summed E-state index contributed by atoms with van der Waals surface area (Å²) in [7, 11) is 1.64. The molecule has 0 saturated heterocycles. The van der Waals surface area contributed by atoms with Gasteiger partial charge in [-0.25, -0.2) is 15.0 Å².